The van der Waals surface area contributed by atoms with Gasteiger partial charge in [0, 0.05) is 28.8 Å². The highest BCUT2D eigenvalue weighted by molar-refractivity contribution is 6.61. The van der Waals surface area contributed by atoms with E-state index in [1.54, 1.807) is 0 Å². The summed E-state index contributed by atoms with van der Waals surface area (Å²) in [4.78, 5) is 25.6. The molecule has 12 heteroatoms. The first-order chi connectivity index (χ1) is 18.1. The van der Waals surface area contributed by atoms with E-state index in [1.165, 1.54) is 24.3 Å². The lowest BCUT2D eigenvalue weighted by molar-refractivity contribution is 0.0173. The Labute approximate surface area is 210 Å². The summed E-state index contributed by atoms with van der Waals surface area (Å²) in [6, 6.07) is 11.5. The molecule has 0 fully saturated rings. The van der Waals surface area contributed by atoms with Gasteiger partial charge < -0.3 is 18.6 Å². The van der Waals surface area contributed by atoms with E-state index in [-0.39, 0.29) is 33.6 Å². The number of carbonyl (C=O) groups excluding carboxylic acids is 2. The molecule has 190 valence electrons. The second-order valence-electron chi connectivity index (χ2n) is 8.38. The highest BCUT2D eigenvalue weighted by Gasteiger charge is 2.53. The molecule has 0 saturated heterocycles. The second-order valence-corrected chi connectivity index (χ2v) is 8.38. The summed E-state index contributed by atoms with van der Waals surface area (Å²) in [6.07, 6.45) is 0. The molecule has 0 N–H and O–H groups in total. The van der Waals surface area contributed by atoms with Crippen LogP contribution in [0.2, 0.25) is 0 Å². The van der Waals surface area contributed by atoms with E-state index >= 15 is 4.39 Å². The molecule has 4 aromatic rings. The molecule has 2 aliphatic rings. The molecule has 0 amide bonds. The summed E-state index contributed by atoms with van der Waals surface area (Å²) in [6.45, 7) is -3.56. The van der Waals surface area contributed by atoms with Gasteiger partial charge in [0.2, 0.25) is 0 Å². The minimum atomic E-state index is -3.56. The van der Waals surface area contributed by atoms with Crippen molar-refractivity contribution >= 4 is 18.9 Å². The van der Waals surface area contributed by atoms with E-state index in [2.05, 4.69) is 0 Å². The maximum atomic E-state index is 15.3. The van der Waals surface area contributed by atoms with Crippen LogP contribution >= 0.6 is 0 Å². The van der Waals surface area contributed by atoms with Gasteiger partial charge in [0.15, 0.2) is 0 Å². The average molecular weight is 525 g/mol. The van der Waals surface area contributed by atoms with Crippen LogP contribution in [-0.2, 0) is 9.31 Å². The molecule has 1 atom stereocenters. The predicted molar refractivity (Wildman–Crippen MR) is 121 cm³/mol. The van der Waals surface area contributed by atoms with E-state index in [0.29, 0.717) is 12.1 Å². The fourth-order valence-corrected chi connectivity index (χ4v) is 4.29. The van der Waals surface area contributed by atoms with Gasteiger partial charge >= 0.3 is 18.9 Å². The van der Waals surface area contributed by atoms with Gasteiger partial charge in [0.1, 0.15) is 34.6 Å². The zero-order valence-corrected chi connectivity index (χ0v) is 18.8. The number of hydrogen-bond donors (Lipinski definition) is 0. The van der Waals surface area contributed by atoms with Crippen LogP contribution in [0.3, 0.4) is 0 Å². The third-order valence-electron chi connectivity index (χ3n) is 6.02. The Morgan fingerprint density at radius 1 is 0.526 bits per heavy atom. The molecule has 2 heterocycles. The second kappa shape index (κ2) is 8.33. The van der Waals surface area contributed by atoms with E-state index in [4.69, 9.17) is 18.6 Å². The van der Waals surface area contributed by atoms with Gasteiger partial charge in [-0.15, -0.1) is 0 Å². The van der Waals surface area contributed by atoms with Gasteiger partial charge in [0.25, 0.3) is 0 Å². The Bertz CT molecular complexity index is 1690. The van der Waals surface area contributed by atoms with Crippen molar-refractivity contribution in [1.29, 1.82) is 0 Å². The quantitative estimate of drug-likeness (QED) is 0.238. The van der Waals surface area contributed by atoms with Crippen molar-refractivity contribution in [2.24, 2.45) is 0 Å². The number of benzene rings is 4. The minimum Gasteiger partial charge on any atom is -0.610 e. The number of carbonyl (C=O) groups is 2. The van der Waals surface area contributed by atoms with Crippen LogP contribution in [-0.4, -0.2) is 18.9 Å². The Balaban J connectivity index is 1.34. The van der Waals surface area contributed by atoms with Crippen LogP contribution in [0.4, 0.5) is 22.0 Å². The van der Waals surface area contributed by atoms with Crippen LogP contribution in [0.15, 0.2) is 66.7 Å². The van der Waals surface area contributed by atoms with Crippen molar-refractivity contribution in [3.05, 3.63) is 107 Å². The molecule has 1 unspecified atom stereocenters. The lowest BCUT2D eigenvalue weighted by atomic mass is 9.93. The first-order valence-electron chi connectivity index (χ1n) is 11.0. The third-order valence-corrected chi connectivity index (χ3v) is 6.02. The monoisotopic (exact) mass is 525 g/mol. The third kappa shape index (κ3) is 3.72. The minimum absolute atomic E-state index is 0.00550. The van der Waals surface area contributed by atoms with Crippen LogP contribution in [0, 0.1) is 29.1 Å². The van der Waals surface area contributed by atoms with Gasteiger partial charge in [-0.2, -0.15) is 0 Å². The molecule has 2 aliphatic heterocycles. The standard InChI is InChI=1S/C26H11BF5O6/c28-13-2-4-15(19(30)10-13)12-1-7-21-18(9-12)25(33)37-27(35-21)36-22-8-6-17(24(32)23(22)26(34)38-27)16-5-3-14(29)11-20(16)31/h1-11H/q-1. The molecule has 0 bridgehead atoms. The van der Waals surface area contributed by atoms with Gasteiger partial charge in [-0.25, -0.2) is 22.0 Å². The predicted octanol–water partition coefficient (Wildman–Crippen LogP) is 5.95. The van der Waals surface area contributed by atoms with Crippen LogP contribution in [0.25, 0.3) is 22.3 Å². The van der Waals surface area contributed by atoms with Gasteiger partial charge in [-0.05, 0) is 54.1 Å². The molecular formula is C26H11BF5O6-. The highest BCUT2D eigenvalue weighted by atomic mass is 19.1. The first-order valence-corrected chi connectivity index (χ1v) is 11.0. The molecule has 0 aromatic heterocycles. The van der Waals surface area contributed by atoms with E-state index < -0.39 is 59.3 Å². The van der Waals surface area contributed by atoms with Crippen molar-refractivity contribution in [2.45, 2.75) is 0 Å². The van der Waals surface area contributed by atoms with Gasteiger partial charge in [-0.1, -0.05) is 6.07 Å². The maximum Gasteiger partial charge on any atom is 0.781 e. The normalized spacial score (nSPS) is 17.6. The summed E-state index contributed by atoms with van der Waals surface area (Å²) in [7, 11) is 0. The molecule has 6 nitrogen and oxygen atoms in total. The lowest BCUT2D eigenvalue weighted by Gasteiger charge is -2.45. The van der Waals surface area contributed by atoms with Gasteiger partial charge in [-0.3, -0.25) is 9.59 Å². The number of rotatable bonds is 2. The van der Waals surface area contributed by atoms with Crippen LogP contribution in [0.5, 0.6) is 11.5 Å². The summed E-state index contributed by atoms with van der Waals surface area (Å²) in [5, 5.41) is 0. The molecule has 0 radical (unpaired) electrons. The van der Waals surface area contributed by atoms with Crippen molar-refractivity contribution in [3.8, 4) is 33.8 Å². The molecular weight excluding hydrogens is 514 g/mol. The number of halogens is 5. The topological polar surface area (TPSA) is 71.1 Å². The van der Waals surface area contributed by atoms with Crippen molar-refractivity contribution in [3.63, 3.8) is 0 Å². The number of fused-ring (bicyclic) bond motifs is 2. The summed E-state index contributed by atoms with van der Waals surface area (Å²) < 4.78 is 91.5. The zero-order chi connectivity index (χ0) is 26.8. The number of hydrogen-bond acceptors (Lipinski definition) is 6. The van der Waals surface area contributed by atoms with Crippen molar-refractivity contribution in [1.82, 2.24) is 0 Å². The highest BCUT2D eigenvalue weighted by Crippen LogP contribution is 2.41. The first kappa shape index (κ1) is 23.5. The fraction of sp³-hybridized carbons (Fsp3) is 0. The largest absolute Gasteiger partial charge is 0.781 e. The van der Waals surface area contributed by atoms with Crippen molar-refractivity contribution < 1.29 is 50.2 Å². The molecule has 0 aliphatic carbocycles. The summed E-state index contributed by atoms with van der Waals surface area (Å²) in [5.74, 6) is -7.72. The fourth-order valence-electron chi connectivity index (χ4n) is 4.29. The van der Waals surface area contributed by atoms with Crippen molar-refractivity contribution in [2.75, 3.05) is 0 Å². The Morgan fingerprint density at radius 2 is 1.11 bits per heavy atom. The maximum absolute atomic E-state index is 15.3. The lowest BCUT2D eigenvalue weighted by Crippen LogP contribution is -2.61. The smallest absolute Gasteiger partial charge is 0.610 e. The van der Waals surface area contributed by atoms with E-state index in [9.17, 15) is 27.2 Å². The molecule has 38 heavy (non-hydrogen) atoms. The average Bonchev–Trinajstić information content (AvgIpc) is 2.84. The molecule has 4 aromatic carbocycles. The van der Waals surface area contributed by atoms with E-state index in [1.807, 2.05) is 0 Å². The zero-order valence-electron chi connectivity index (χ0n) is 18.8. The Hall–Kier alpha value is -4.87. The summed E-state index contributed by atoms with van der Waals surface area (Å²) in [5.41, 5.74) is -1.35. The Kier molecular flexibility index (Phi) is 5.16. The van der Waals surface area contributed by atoms with E-state index in [0.717, 1.165) is 30.3 Å². The SMILES string of the molecule is O=C1O[B-]2(OC(=O)c3c(ccc(-c4ccc(F)cc4F)c3F)O2)Oc2ccc(-c3ccc(F)cc3F)cc21. The van der Waals surface area contributed by atoms with Crippen LogP contribution in [0.1, 0.15) is 20.7 Å². The van der Waals surface area contributed by atoms with Gasteiger partial charge in [0.05, 0.1) is 17.1 Å². The molecule has 0 saturated carbocycles. The van der Waals surface area contributed by atoms with Crippen LogP contribution < -0.4 is 9.31 Å². The Morgan fingerprint density at radius 3 is 1.79 bits per heavy atom. The molecule has 1 spiro atoms. The summed E-state index contributed by atoms with van der Waals surface area (Å²) >= 11 is 0. The molecule has 6 rings (SSSR count).